The van der Waals surface area contributed by atoms with E-state index in [-0.39, 0.29) is 11.9 Å². The van der Waals surface area contributed by atoms with Crippen LogP contribution in [-0.2, 0) is 9.53 Å². The Kier molecular flexibility index (Phi) is 2.05. The number of carbonyl (C=O) groups is 1. The highest BCUT2D eigenvalue weighted by Crippen LogP contribution is 2.42. The van der Waals surface area contributed by atoms with Crippen molar-refractivity contribution in [2.75, 3.05) is 20.2 Å². The van der Waals surface area contributed by atoms with Crippen molar-refractivity contribution >= 4 is 5.97 Å². The van der Waals surface area contributed by atoms with Gasteiger partial charge in [0, 0.05) is 6.54 Å². The molecular weight excluding hydrogens is 154 g/mol. The van der Waals surface area contributed by atoms with Crippen molar-refractivity contribution in [3.63, 3.8) is 0 Å². The molecule has 2 aliphatic rings. The lowest BCUT2D eigenvalue weighted by molar-refractivity contribution is -0.146. The third-order valence-corrected chi connectivity index (χ3v) is 2.99. The van der Waals surface area contributed by atoms with Gasteiger partial charge >= 0.3 is 5.97 Å². The van der Waals surface area contributed by atoms with Gasteiger partial charge in [-0.2, -0.15) is 0 Å². The predicted octanol–water partition coefficient (Wildman–Crippen LogP) is 0.405. The summed E-state index contributed by atoms with van der Waals surface area (Å²) >= 11 is 0. The van der Waals surface area contributed by atoms with Crippen LogP contribution in [0.1, 0.15) is 12.8 Å². The van der Waals surface area contributed by atoms with E-state index in [1.54, 1.807) is 0 Å². The second-order valence-corrected chi connectivity index (χ2v) is 3.79. The zero-order valence-corrected chi connectivity index (χ0v) is 7.38. The lowest BCUT2D eigenvalue weighted by atomic mass is 9.92. The Morgan fingerprint density at radius 3 is 2.75 bits per heavy atom. The lowest BCUT2D eigenvalue weighted by Gasteiger charge is -2.14. The van der Waals surface area contributed by atoms with E-state index in [1.807, 2.05) is 0 Å². The SMILES string of the molecule is COC(=O)[C@H]1CNC[C@@H]1C1CC1. The number of esters is 1. The van der Waals surface area contributed by atoms with Gasteiger partial charge in [0.25, 0.3) is 0 Å². The topological polar surface area (TPSA) is 38.3 Å². The molecule has 68 valence electrons. The van der Waals surface area contributed by atoms with Crippen molar-refractivity contribution in [2.24, 2.45) is 17.8 Å². The Hall–Kier alpha value is -0.570. The summed E-state index contributed by atoms with van der Waals surface area (Å²) in [6.45, 7) is 1.82. The third kappa shape index (κ3) is 1.33. The highest BCUT2D eigenvalue weighted by Gasteiger charge is 2.42. The Labute approximate surface area is 72.5 Å². The average molecular weight is 169 g/mol. The molecular formula is C9H15NO2. The van der Waals surface area contributed by atoms with E-state index in [1.165, 1.54) is 20.0 Å². The van der Waals surface area contributed by atoms with Crippen molar-refractivity contribution < 1.29 is 9.53 Å². The second kappa shape index (κ2) is 3.05. The summed E-state index contributed by atoms with van der Waals surface area (Å²) in [6, 6.07) is 0. The third-order valence-electron chi connectivity index (χ3n) is 2.99. The molecule has 0 amide bonds. The molecule has 1 aliphatic carbocycles. The average Bonchev–Trinajstić information content (AvgIpc) is 2.83. The molecule has 1 N–H and O–H groups in total. The van der Waals surface area contributed by atoms with Crippen LogP contribution in [-0.4, -0.2) is 26.2 Å². The van der Waals surface area contributed by atoms with Crippen molar-refractivity contribution in [1.82, 2.24) is 5.32 Å². The highest BCUT2D eigenvalue weighted by molar-refractivity contribution is 5.73. The molecule has 12 heavy (non-hydrogen) atoms. The molecule has 1 aliphatic heterocycles. The maximum absolute atomic E-state index is 11.3. The minimum Gasteiger partial charge on any atom is -0.469 e. The van der Waals surface area contributed by atoms with E-state index >= 15 is 0 Å². The van der Waals surface area contributed by atoms with E-state index < -0.39 is 0 Å². The summed E-state index contributed by atoms with van der Waals surface area (Å²) in [4.78, 5) is 11.3. The van der Waals surface area contributed by atoms with Crippen LogP contribution in [0.5, 0.6) is 0 Å². The van der Waals surface area contributed by atoms with Crippen LogP contribution >= 0.6 is 0 Å². The van der Waals surface area contributed by atoms with Gasteiger partial charge in [-0.3, -0.25) is 4.79 Å². The van der Waals surface area contributed by atoms with Crippen LogP contribution in [0, 0.1) is 17.8 Å². The normalized spacial score (nSPS) is 35.1. The number of nitrogens with one attached hydrogen (secondary N) is 1. The summed E-state index contributed by atoms with van der Waals surface area (Å²) < 4.78 is 4.76. The van der Waals surface area contributed by atoms with Gasteiger partial charge in [0.05, 0.1) is 13.0 Å². The molecule has 0 aromatic rings. The van der Waals surface area contributed by atoms with E-state index in [0.29, 0.717) is 5.92 Å². The van der Waals surface area contributed by atoms with Gasteiger partial charge in [-0.25, -0.2) is 0 Å². The number of carbonyl (C=O) groups excluding carboxylic acids is 1. The minimum absolute atomic E-state index is 0.0306. The standard InChI is InChI=1S/C9H15NO2/c1-12-9(11)8-5-10-4-7(8)6-2-3-6/h6-8,10H,2-5H2,1H3/t7-,8+/m1/s1. The fourth-order valence-corrected chi connectivity index (χ4v) is 2.13. The summed E-state index contributed by atoms with van der Waals surface area (Å²) in [6.07, 6.45) is 2.61. The van der Waals surface area contributed by atoms with Gasteiger partial charge in [-0.15, -0.1) is 0 Å². The van der Waals surface area contributed by atoms with Crippen LogP contribution in [0.3, 0.4) is 0 Å². The quantitative estimate of drug-likeness (QED) is 0.608. The molecule has 3 nitrogen and oxygen atoms in total. The van der Waals surface area contributed by atoms with E-state index in [9.17, 15) is 4.79 Å². The summed E-state index contributed by atoms with van der Waals surface area (Å²) in [5.41, 5.74) is 0. The number of hydrogen-bond donors (Lipinski definition) is 1. The van der Waals surface area contributed by atoms with Crippen LogP contribution in [0.25, 0.3) is 0 Å². The van der Waals surface area contributed by atoms with Crippen LogP contribution < -0.4 is 5.32 Å². The Bertz CT molecular complexity index is 189. The lowest BCUT2D eigenvalue weighted by Crippen LogP contribution is -2.25. The molecule has 2 atom stereocenters. The molecule has 3 heteroatoms. The first-order valence-corrected chi connectivity index (χ1v) is 4.61. The van der Waals surface area contributed by atoms with Crippen LogP contribution in [0.4, 0.5) is 0 Å². The van der Waals surface area contributed by atoms with Gasteiger partial charge in [0.15, 0.2) is 0 Å². The minimum atomic E-state index is -0.0306. The van der Waals surface area contributed by atoms with E-state index in [2.05, 4.69) is 5.32 Å². The Balaban J connectivity index is 1.98. The Morgan fingerprint density at radius 2 is 2.17 bits per heavy atom. The zero-order valence-electron chi connectivity index (χ0n) is 7.38. The number of rotatable bonds is 2. The monoisotopic (exact) mass is 169 g/mol. The van der Waals surface area contributed by atoms with E-state index in [0.717, 1.165) is 19.0 Å². The number of methoxy groups -OCH3 is 1. The second-order valence-electron chi connectivity index (χ2n) is 3.79. The summed E-state index contributed by atoms with van der Waals surface area (Å²) in [5, 5.41) is 3.26. The molecule has 0 spiro atoms. The van der Waals surface area contributed by atoms with Crippen molar-refractivity contribution in [3.8, 4) is 0 Å². The first-order valence-electron chi connectivity index (χ1n) is 4.61. The van der Waals surface area contributed by atoms with Gasteiger partial charge in [-0.05, 0) is 31.2 Å². The first kappa shape index (κ1) is 8.05. The molecule has 1 saturated carbocycles. The molecule has 2 rings (SSSR count). The highest BCUT2D eigenvalue weighted by atomic mass is 16.5. The summed E-state index contributed by atoms with van der Waals surface area (Å²) in [5.74, 6) is 1.45. The van der Waals surface area contributed by atoms with Crippen LogP contribution in [0.2, 0.25) is 0 Å². The Morgan fingerprint density at radius 1 is 1.42 bits per heavy atom. The van der Waals surface area contributed by atoms with Crippen molar-refractivity contribution in [3.05, 3.63) is 0 Å². The fourth-order valence-electron chi connectivity index (χ4n) is 2.13. The molecule has 0 aromatic heterocycles. The van der Waals surface area contributed by atoms with Crippen LogP contribution in [0.15, 0.2) is 0 Å². The van der Waals surface area contributed by atoms with Gasteiger partial charge in [0.2, 0.25) is 0 Å². The predicted molar refractivity (Wildman–Crippen MR) is 44.6 cm³/mol. The van der Waals surface area contributed by atoms with Gasteiger partial charge in [-0.1, -0.05) is 0 Å². The maximum atomic E-state index is 11.3. The molecule has 0 unspecified atom stereocenters. The van der Waals surface area contributed by atoms with Crippen molar-refractivity contribution in [2.45, 2.75) is 12.8 Å². The number of hydrogen-bond acceptors (Lipinski definition) is 3. The number of ether oxygens (including phenoxy) is 1. The smallest absolute Gasteiger partial charge is 0.310 e. The molecule has 0 radical (unpaired) electrons. The van der Waals surface area contributed by atoms with E-state index in [4.69, 9.17) is 4.74 Å². The molecule has 2 fully saturated rings. The molecule has 1 heterocycles. The fraction of sp³-hybridized carbons (Fsp3) is 0.889. The molecule has 0 bridgehead atoms. The first-order chi connectivity index (χ1) is 5.83. The van der Waals surface area contributed by atoms with Gasteiger partial charge in [0.1, 0.15) is 0 Å². The largest absolute Gasteiger partial charge is 0.469 e. The molecule has 0 aromatic carbocycles. The molecule has 1 saturated heterocycles. The zero-order chi connectivity index (χ0) is 8.55. The van der Waals surface area contributed by atoms with Crippen molar-refractivity contribution in [1.29, 1.82) is 0 Å². The van der Waals surface area contributed by atoms with Gasteiger partial charge < -0.3 is 10.1 Å². The summed E-state index contributed by atoms with van der Waals surface area (Å²) in [7, 11) is 1.48. The maximum Gasteiger partial charge on any atom is 0.310 e.